The summed E-state index contributed by atoms with van der Waals surface area (Å²) < 4.78 is 1.05. The van der Waals surface area contributed by atoms with Gasteiger partial charge in [-0.05, 0) is 42.5 Å². The Morgan fingerprint density at radius 3 is 2.54 bits per heavy atom. The fraction of sp³-hybridized carbons (Fsp3) is 0. The Labute approximate surface area is 162 Å². The van der Waals surface area contributed by atoms with Gasteiger partial charge in [-0.25, -0.2) is 4.98 Å². The van der Waals surface area contributed by atoms with Gasteiger partial charge < -0.3 is 0 Å². The van der Waals surface area contributed by atoms with E-state index in [4.69, 9.17) is 11.6 Å². The maximum atomic E-state index is 11.2. The lowest BCUT2D eigenvalue weighted by molar-refractivity contribution is -0.384. The van der Waals surface area contributed by atoms with Crippen LogP contribution in [0.3, 0.4) is 0 Å². The molecule has 0 radical (unpaired) electrons. The third kappa shape index (κ3) is 3.44. The Morgan fingerprint density at radius 2 is 1.81 bits per heavy atom. The SMILES string of the molecule is O=[N+]([O-])c1ccc(Sc2ccc(Cl)cc2)c(-c2nc3ccccc3s2)c1. The first-order valence-corrected chi connectivity index (χ1v) is 9.69. The van der Waals surface area contributed by atoms with Crippen molar-refractivity contribution in [2.24, 2.45) is 0 Å². The number of non-ortho nitro benzene ring substituents is 1. The maximum absolute atomic E-state index is 11.2. The molecule has 0 N–H and O–H groups in total. The van der Waals surface area contributed by atoms with E-state index in [-0.39, 0.29) is 10.6 Å². The number of hydrogen-bond donors (Lipinski definition) is 0. The van der Waals surface area contributed by atoms with E-state index >= 15 is 0 Å². The Balaban J connectivity index is 1.82. The third-order valence-corrected chi connectivity index (χ3v) is 6.15. The van der Waals surface area contributed by atoms with Gasteiger partial charge in [-0.15, -0.1) is 11.3 Å². The Bertz CT molecular complexity index is 1080. The van der Waals surface area contributed by atoms with Crippen LogP contribution in [0.5, 0.6) is 0 Å². The van der Waals surface area contributed by atoms with Crippen LogP contribution in [0.2, 0.25) is 5.02 Å². The van der Waals surface area contributed by atoms with Crippen molar-refractivity contribution in [3.05, 3.63) is 81.9 Å². The van der Waals surface area contributed by atoms with Crippen LogP contribution in [0.25, 0.3) is 20.8 Å². The van der Waals surface area contributed by atoms with Crippen molar-refractivity contribution in [1.29, 1.82) is 0 Å². The number of nitrogens with zero attached hydrogens (tertiary/aromatic N) is 2. The lowest BCUT2D eigenvalue weighted by Gasteiger charge is -2.07. The minimum Gasteiger partial charge on any atom is -0.258 e. The summed E-state index contributed by atoms with van der Waals surface area (Å²) in [6.07, 6.45) is 0. The molecule has 0 spiro atoms. The molecule has 0 aliphatic carbocycles. The monoisotopic (exact) mass is 398 g/mol. The Hall–Kier alpha value is -2.41. The normalized spacial score (nSPS) is 11.0. The molecule has 4 aromatic rings. The number of nitro benzene ring substituents is 1. The zero-order valence-electron chi connectivity index (χ0n) is 13.3. The van der Waals surface area contributed by atoms with Gasteiger partial charge in [0.15, 0.2) is 0 Å². The van der Waals surface area contributed by atoms with Gasteiger partial charge >= 0.3 is 0 Å². The first-order valence-electron chi connectivity index (χ1n) is 7.68. The smallest absolute Gasteiger partial charge is 0.258 e. The molecule has 1 heterocycles. The summed E-state index contributed by atoms with van der Waals surface area (Å²) in [6, 6.07) is 20.2. The van der Waals surface area contributed by atoms with Gasteiger partial charge in [-0.2, -0.15) is 0 Å². The molecule has 0 saturated carbocycles. The summed E-state index contributed by atoms with van der Waals surface area (Å²) >= 11 is 9.01. The van der Waals surface area contributed by atoms with E-state index in [9.17, 15) is 10.1 Å². The molecule has 3 aromatic carbocycles. The van der Waals surface area contributed by atoms with Crippen molar-refractivity contribution in [2.75, 3.05) is 0 Å². The van der Waals surface area contributed by atoms with Crippen LogP contribution in [0.1, 0.15) is 0 Å². The molecule has 0 atom stereocenters. The highest BCUT2D eigenvalue weighted by molar-refractivity contribution is 7.99. The van der Waals surface area contributed by atoms with Crippen LogP contribution in [-0.4, -0.2) is 9.91 Å². The summed E-state index contributed by atoms with van der Waals surface area (Å²) in [7, 11) is 0. The Morgan fingerprint density at radius 1 is 1.04 bits per heavy atom. The number of hydrogen-bond acceptors (Lipinski definition) is 5. The van der Waals surface area contributed by atoms with Crippen LogP contribution in [0, 0.1) is 10.1 Å². The van der Waals surface area contributed by atoms with Gasteiger partial charge in [0.2, 0.25) is 0 Å². The first kappa shape index (κ1) is 17.0. The standard InChI is InChI=1S/C19H11ClN2O2S2/c20-12-5-8-14(9-6-12)25-17-10-7-13(22(23)24)11-15(17)19-21-16-3-1-2-4-18(16)26-19/h1-11H. The average molecular weight is 399 g/mol. The predicted octanol–water partition coefficient (Wildman–Crippen LogP) is 6.68. The lowest BCUT2D eigenvalue weighted by atomic mass is 10.2. The van der Waals surface area contributed by atoms with Crippen molar-refractivity contribution in [1.82, 2.24) is 4.98 Å². The summed E-state index contributed by atoms with van der Waals surface area (Å²) in [6.45, 7) is 0. The highest BCUT2D eigenvalue weighted by Gasteiger charge is 2.16. The Kier molecular flexibility index (Phi) is 4.63. The molecule has 4 nitrogen and oxygen atoms in total. The number of para-hydroxylation sites is 1. The minimum absolute atomic E-state index is 0.0553. The average Bonchev–Trinajstić information content (AvgIpc) is 3.07. The van der Waals surface area contributed by atoms with Crippen molar-refractivity contribution in [2.45, 2.75) is 9.79 Å². The number of halogens is 1. The quantitative estimate of drug-likeness (QED) is 0.284. The van der Waals surface area contributed by atoms with Crippen LogP contribution < -0.4 is 0 Å². The van der Waals surface area contributed by atoms with Gasteiger partial charge in [-0.1, -0.05) is 35.5 Å². The molecule has 0 unspecified atom stereocenters. The molecule has 0 saturated heterocycles. The van der Waals surface area contributed by atoms with Crippen LogP contribution in [0.15, 0.2) is 76.5 Å². The van der Waals surface area contributed by atoms with E-state index in [0.717, 1.165) is 30.6 Å². The largest absolute Gasteiger partial charge is 0.270 e. The number of rotatable bonds is 4. The van der Waals surface area contributed by atoms with E-state index < -0.39 is 0 Å². The highest BCUT2D eigenvalue weighted by atomic mass is 35.5. The molecule has 7 heteroatoms. The molecule has 0 fully saturated rings. The van der Waals surface area contributed by atoms with Crippen molar-refractivity contribution < 1.29 is 4.92 Å². The summed E-state index contributed by atoms with van der Waals surface area (Å²) in [5, 5.41) is 12.7. The summed E-state index contributed by atoms with van der Waals surface area (Å²) in [4.78, 5) is 17.4. The fourth-order valence-electron chi connectivity index (χ4n) is 2.50. The van der Waals surface area contributed by atoms with Gasteiger partial charge in [0.1, 0.15) is 5.01 Å². The summed E-state index contributed by atoms with van der Waals surface area (Å²) in [5.41, 5.74) is 1.71. The second-order valence-corrected chi connectivity index (χ2v) is 8.06. The van der Waals surface area contributed by atoms with Gasteiger partial charge in [0.25, 0.3) is 5.69 Å². The first-order chi connectivity index (χ1) is 12.6. The third-order valence-electron chi connectivity index (χ3n) is 3.74. The van der Waals surface area contributed by atoms with Crippen LogP contribution >= 0.6 is 34.7 Å². The lowest BCUT2D eigenvalue weighted by Crippen LogP contribution is -1.90. The van der Waals surface area contributed by atoms with Crippen molar-refractivity contribution in [3.8, 4) is 10.6 Å². The number of thiazole rings is 1. The molecule has 128 valence electrons. The second kappa shape index (κ2) is 7.07. The highest BCUT2D eigenvalue weighted by Crippen LogP contribution is 2.40. The van der Waals surface area contributed by atoms with E-state index in [1.54, 1.807) is 12.1 Å². The molecule has 4 rings (SSSR count). The van der Waals surface area contributed by atoms with Gasteiger partial charge in [-0.3, -0.25) is 10.1 Å². The second-order valence-electron chi connectivity index (χ2n) is 5.48. The van der Waals surface area contributed by atoms with E-state index in [0.29, 0.717) is 5.02 Å². The molecule has 1 aromatic heterocycles. The molecule has 0 amide bonds. The number of benzene rings is 3. The molecule has 0 bridgehead atoms. The van der Waals surface area contributed by atoms with Crippen molar-refractivity contribution >= 4 is 50.6 Å². The number of aromatic nitrogens is 1. The van der Waals surface area contributed by atoms with E-state index in [1.165, 1.54) is 29.2 Å². The minimum atomic E-state index is -0.381. The topological polar surface area (TPSA) is 56.0 Å². The molecular formula is C19H11ClN2O2S2. The number of fused-ring (bicyclic) bond motifs is 1. The summed E-state index contributed by atoms with van der Waals surface area (Å²) in [5.74, 6) is 0. The predicted molar refractivity (Wildman–Crippen MR) is 107 cm³/mol. The van der Waals surface area contributed by atoms with Gasteiger partial charge in [0, 0.05) is 32.5 Å². The van der Waals surface area contributed by atoms with E-state index in [2.05, 4.69) is 4.98 Å². The molecule has 0 aliphatic heterocycles. The van der Waals surface area contributed by atoms with Crippen molar-refractivity contribution in [3.63, 3.8) is 0 Å². The van der Waals surface area contributed by atoms with Crippen LogP contribution in [0.4, 0.5) is 5.69 Å². The van der Waals surface area contributed by atoms with Crippen LogP contribution in [-0.2, 0) is 0 Å². The molecule has 0 aliphatic rings. The van der Waals surface area contributed by atoms with Gasteiger partial charge in [0.05, 0.1) is 15.1 Å². The maximum Gasteiger partial charge on any atom is 0.270 e. The van der Waals surface area contributed by atoms with E-state index in [1.807, 2.05) is 48.5 Å². The zero-order valence-corrected chi connectivity index (χ0v) is 15.6. The fourth-order valence-corrected chi connectivity index (χ4v) is 4.62. The molecule has 26 heavy (non-hydrogen) atoms. The number of nitro groups is 1. The molecular weight excluding hydrogens is 388 g/mol. The zero-order chi connectivity index (χ0) is 18.1.